The Labute approximate surface area is 126 Å². The number of hydrogen-bond donors (Lipinski definition) is 2. The molecule has 0 aliphatic heterocycles. The van der Waals surface area contributed by atoms with E-state index in [2.05, 4.69) is 4.72 Å². The zero-order valence-corrected chi connectivity index (χ0v) is 13.4. The van der Waals surface area contributed by atoms with Crippen molar-refractivity contribution in [2.75, 3.05) is 12.8 Å². The molecule has 1 atom stereocenters. The van der Waals surface area contributed by atoms with Crippen molar-refractivity contribution in [1.82, 2.24) is 4.72 Å². The van der Waals surface area contributed by atoms with Crippen molar-refractivity contribution in [2.24, 2.45) is 5.92 Å². The molecular formula is C15H24N2O3S. The summed E-state index contributed by atoms with van der Waals surface area (Å²) in [5, 5.41) is 0. The van der Waals surface area contributed by atoms with Crippen LogP contribution in [0, 0.1) is 5.92 Å². The maximum atomic E-state index is 12.5. The Hall–Kier alpha value is -1.27. The number of methoxy groups -OCH3 is 1. The monoisotopic (exact) mass is 312 g/mol. The van der Waals surface area contributed by atoms with E-state index in [1.54, 1.807) is 6.07 Å². The summed E-state index contributed by atoms with van der Waals surface area (Å²) in [4.78, 5) is 0.191. The first-order valence-electron chi connectivity index (χ1n) is 7.40. The zero-order valence-electron chi connectivity index (χ0n) is 12.6. The summed E-state index contributed by atoms with van der Waals surface area (Å²) in [6.45, 7) is 1.95. The zero-order chi connectivity index (χ0) is 15.5. The van der Waals surface area contributed by atoms with Crippen LogP contribution in [0.4, 0.5) is 5.69 Å². The quantitative estimate of drug-likeness (QED) is 0.819. The summed E-state index contributed by atoms with van der Waals surface area (Å²) < 4.78 is 32.8. The van der Waals surface area contributed by atoms with Crippen LogP contribution in [0.5, 0.6) is 5.75 Å². The van der Waals surface area contributed by atoms with Gasteiger partial charge in [0, 0.05) is 12.1 Å². The van der Waals surface area contributed by atoms with E-state index in [0.717, 1.165) is 12.8 Å². The molecule has 1 saturated carbocycles. The molecule has 0 bridgehead atoms. The first-order chi connectivity index (χ1) is 9.94. The second-order valence-electron chi connectivity index (χ2n) is 5.71. The van der Waals surface area contributed by atoms with Crippen LogP contribution in [0.1, 0.15) is 39.0 Å². The van der Waals surface area contributed by atoms with Gasteiger partial charge in [-0.2, -0.15) is 0 Å². The van der Waals surface area contributed by atoms with Gasteiger partial charge in [-0.3, -0.25) is 0 Å². The van der Waals surface area contributed by atoms with Crippen molar-refractivity contribution in [1.29, 1.82) is 0 Å². The van der Waals surface area contributed by atoms with Crippen LogP contribution in [0.2, 0.25) is 0 Å². The highest BCUT2D eigenvalue weighted by Crippen LogP contribution is 2.28. The topological polar surface area (TPSA) is 81.4 Å². The van der Waals surface area contributed by atoms with E-state index in [4.69, 9.17) is 10.5 Å². The Morgan fingerprint density at radius 3 is 2.57 bits per heavy atom. The molecule has 1 fully saturated rings. The number of anilines is 1. The van der Waals surface area contributed by atoms with E-state index in [-0.39, 0.29) is 10.9 Å². The molecule has 2 rings (SSSR count). The fraction of sp³-hybridized carbons (Fsp3) is 0.600. The maximum absolute atomic E-state index is 12.5. The average molecular weight is 312 g/mol. The largest absolute Gasteiger partial charge is 0.495 e. The predicted molar refractivity (Wildman–Crippen MR) is 83.8 cm³/mol. The molecule has 1 unspecified atom stereocenters. The van der Waals surface area contributed by atoms with Gasteiger partial charge >= 0.3 is 0 Å². The second-order valence-corrected chi connectivity index (χ2v) is 7.43. The van der Waals surface area contributed by atoms with E-state index in [9.17, 15) is 8.42 Å². The summed E-state index contributed by atoms with van der Waals surface area (Å²) in [6.07, 6.45) is 5.81. The molecule has 21 heavy (non-hydrogen) atoms. The number of rotatable bonds is 5. The highest BCUT2D eigenvalue weighted by Gasteiger charge is 2.25. The van der Waals surface area contributed by atoms with Crippen LogP contribution in [-0.4, -0.2) is 21.6 Å². The van der Waals surface area contributed by atoms with Crippen molar-refractivity contribution >= 4 is 15.7 Å². The van der Waals surface area contributed by atoms with Gasteiger partial charge in [-0.15, -0.1) is 0 Å². The van der Waals surface area contributed by atoms with E-state index in [1.165, 1.54) is 38.5 Å². The molecule has 1 aliphatic carbocycles. The number of nitrogen functional groups attached to an aromatic ring is 1. The fourth-order valence-electron chi connectivity index (χ4n) is 2.90. The highest BCUT2D eigenvalue weighted by atomic mass is 32.2. The van der Waals surface area contributed by atoms with Crippen LogP contribution < -0.4 is 15.2 Å². The van der Waals surface area contributed by atoms with Gasteiger partial charge in [0.25, 0.3) is 0 Å². The SMILES string of the molecule is COc1cc(S(=O)(=O)NC(C)C2CCCCC2)ccc1N. The van der Waals surface area contributed by atoms with E-state index >= 15 is 0 Å². The Kier molecular flexibility index (Phi) is 5.11. The van der Waals surface area contributed by atoms with Crippen LogP contribution >= 0.6 is 0 Å². The van der Waals surface area contributed by atoms with Gasteiger partial charge < -0.3 is 10.5 Å². The van der Waals surface area contributed by atoms with Crippen molar-refractivity contribution in [2.45, 2.75) is 50.0 Å². The van der Waals surface area contributed by atoms with Gasteiger partial charge in [-0.25, -0.2) is 13.1 Å². The molecule has 1 aromatic carbocycles. The van der Waals surface area contributed by atoms with Gasteiger partial charge in [-0.1, -0.05) is 19.3 Å². The number of ether oxygens (including phenoxy) is 1. The average Bonchev–Trinajstić information content (AvgIpc) is 2.48. The Morgan fingerprint density at radius 1 is 1.29 bits per heavy atom. The number of nitrogens with two attached hydrogens (primary N) is 1. The number of nitrogens with one attached hydrogen (secondary N) is 1. The Morgan fingerprint density at radius 2 is 1.95 bits per heavy atom. The Balaban J connectivity index is 2.14. The normalized spacial score (nSPS) is 18.4. The predicted octanol–water partition coefficient (Wildman–Crippen LogP) is 2.52. The highest BCUT2D eigenvalue weighted by molar-refractivity contribution is 7.89. The molecule has 1 aliphatic rings. The van der Waals surface area contributed by atoms with Crippen LogP contribution in [0.25, 0.3) is 0 Å². The van der Waals surface area contributed by atoms with Gasteiger partial charge in [0.2, 0.25) is 10.0 Å². The molecule has 118 valence electrons. The lowest BCUT2D eigenvalue weighted by atomic mass is 9.85. The van der Waals surface area contributed by atoms with Gasteiger partial charge in [0.15, 0.2) is 0 Å². The molecule has 3 N–H and O–H groups in total. The lowest BCUT2D eigenvalue weighted by Gasteiger charge is -2.28. The summed E-state index contributed by atoms with van der Waals surface area (Å²) in [5.41, 5.74) is 6.15. The van der Waals surface area contributed by atoms with Crippen molar-refractivity contribution in [3.63, 3.8) is 0 Å². The molecule has 0 spiro atoms. The standard InChI is InChI=1S/C15H24N2O3S/c1-11(12-6-4-3-5-7-12)17-21(18,19)13-8-9-14(16)15(10-13)20-2/h8-12,17H,3-7,16H2,1-2H3. The molecule has 0 heterocycles. The molecular weight excluding hydrogens is 288 g/mol. The van der Waals surface area contributed by atoms with Crippen LogP contribution in [-0.2, 0) is 10.0 Å². The van der Waals surface area contributed by atoms with E-state index in [1.807, 2.05) is 6.92 Å². The number of hydrogen-bond acceptors (Lipinski definition) is 4. The minimum atomic E-state index is -3.54. The first-order valence-corrected chi connectivity index (χ1v) is 8.88. The molecule has 1 aromatic rings. The summed E-state index contributed by atoms with van der Waals surface area (Å²) >= 11 is 0. The number of benzene rings is 1. The molecule has 0 radical (unpaired) electrons. The minimum absolute atomic E-state index is 0.0566. The maximum Gasteiger partial charge on any atom is 0.240 e. The minimum Gasteiger partial charge on any atom is -0.495 e. The Bertz CT molecular complexity index is 581. The fourth-order valence-corrected chi connectivity index (χ4v) is 4.23. The summed E-state index contributed by atoms with van der Waals surface area (Å²) in [5.74, 6) is 0.799. The summed E-state index contributed by atoms with van der Waals surface area (Å²) in [6, 6.07) is 4.47. The number of sulfonamides is 1. The molecule has 0 saturated heterocycles. The van der Waals surface area contributed by atoms with Crippen molar-refractivity contribution in [3.05, 3.63) is 18.2 Å². The van der Waals surface area contributed by atoms with Crippen molar-refractivity contribution < 1.29 is 13.2 Å². The summed E-state index contributed by atoms with van der Waals surface area (Å²) in [7, 11) is -2.07. The van der Waals surface area contributed by atoms with Crippen LogP contribution in [0.3, 0.4) is 0 Å². The van der Waals surface area contributed by atoms with Crippen molar-refractivity contribution in [3.8, 4) is 5.75 Å². The van der Waals surface area contributed by atoms with E-state index in [0.29, 0.717) is 17.4 Å². The first kappa shape index (κ1) is 16.1. The third-order valence-corrected chi connectivity index (χ3v) is 5.77. The molecule has 0 aromatic heterocycles. The van der Waals surface area contributed by atoms with Gasteiger partial charge in [0.1, 0.15) is 5.75 Å². The van der Waals surface area contributed by atoms with Gasteiger partial charge in [-0.05, 0) is 37.8 Å². The van der Waals surface area contributed by atoms with E-state index < -0.39 is 10.0 Å². The lowest BCUT2D eigenvalue weighted by molar-refractivity contribution is 0.303. The third kappa shape index (κ3) is 3.89. The lowest BCUT2D eigenvalue weighted by Crippen LogP contribution is -2.38. The third-order valence-electron chi connectivity index (χ3n) is 4.21. The smallest absolute Gasteiger partial charge is 0.240 e. The second kappa shape index (κ2) is 6.66. The van der Waals surface area contributed by atoms with Gasteiger partial charge in [0.05, 0.1) is 17.7 Å². The van der Waals surface area contributed by atoms with Crippen LogP contribution in [0.15, 0.2) is 23.1 Å². The molecule has 6 heteroatoms. The molecule has 5 nitrogen and oxygen atoms in total. The molecule has 0 amide bonds.